The van der Waals surface area contributed by atoms with Crippen molar-refractivity contribution in [1.82, 2.24) is 20.2 Å². The van der Waals surface area contributed by atoms with Crippen LogP contribution in [0.2, 0.25) is 5.02 Å². The fourth-order valence-electron chi connectivity index (χ4n) is 3.66. The third kappa shape index (κ3) is 3.61. The van der Waals surface area contributed by atoms with Crippen LogP contribution in [0.5, 0.6) is 0 Å². The first-order valence-corrected chi connectivity index (χ1v) is 9.20. The highest BCUT2D eigenvalue weighted by atomic mass is 35.5. The summed E-state index contributed by atoms with van der Waals surface area (Å²) >= 11 is 6.09. The fraction of sp³-hybridized carbons (Fsp3) is 0.474. The predicted molar refractivity (Wildman–Crippen MR) is 95.9 cm³/mol. The molecule has 126 valence electrons. The summed E-state index contributed by atoms with van der Waals surface area (Å²) in [6.45, 7) is 3.96. The smallest absolute Gasteiger partial charge is 0.145 e. The number of piperidine rings is 1. The summed E-state index contributed by atoms with van der Waals surface area (Å²) in [6.07, 6.45) is 6.72. The molecule has 4 rings (SSSR count). The highest BCUT2D eigenvalue weighted by molar-refractivity contribution is 6.30. The molecule has 1 saturated heterocycles. The summed E-state index contributed by atoms with van der Waals surface area (Å²) in [4.78, 5) is 12.0. The fourth-order valence-corrected chi connectivity index (χ4v) is 3.87. The second kappa shape index (κ2) is 7.18. The van der Waals surface area contributed by atoms with Gasteiger partial charge in [0, 0.05) is 48.5 Å². The van der Waals surface area contributed by atoms with Crippen molar-refractivity contribution in [1.29, 1.82) is 0 Å². The highest BCUT2D eigenvalue weighted by Gasteiger charge is 2.22. The summed E-state index contributed by atoms with van der Waals surface area (Å²) in [6, 6.07) is 8.46. The number of hydrogen-bond acceptors (Lipinski definition) is 4. The number of fused-ring (bicyclic) bond motifs is 1. The largest absolute Gasteiger partial charge is 0.307 e. The molecule has 5 heteroatoms. The lowest BCUT2D eigenvalue weighted by molar-refractivity contribution is 0.242. The van der Waals surface area contributed by atoms with Crippen molar-refractivity contribution in [3.63, 3.8) is 0 Å². The van der Waals surface area contributed by atoms with Crippen LogP contribution in [0, 0.1) is 0 Å². The molecule has 3 heterocycles. The van der Waals surface area contributed by atoms with Crippen LogP contribution in [0.4, 0.5) is 0 Å². The molecule has 4 nitrogen and oxygen atoms in total. The Balaban J connectivity index is 1.45. The lowest BCUT2D eigenvalue weighted by Crippen LogP contribution is -2.33. The summed E-state index contributed by atoms with van der Waals surface area (Å²) in [5.74, 6) is 0.983. The van der Waals surface area contributed by atoms with Crippen molar-refractivity contribution in [2.24, 2.45) is 0 Å². The predicted octanol–water partition coefficient (Wildman–Crippen LogP) is 3.50. The molecule has 0 unspecified atom stereocenters. The molecule has 2 aliphatic rings. The third-order valence-corrected chi connectivity index (χ3v) is 5.18. The zero-order valence-corrected chi connectivity index (χ0v) is 14.6. The Kier molecular flexibility index (Phi) is 4.79. The Morgan fingerprint density at radius 1 is 1.29 bits per heavy atom. The molecular weight excluding hydrogens is 320 g/mol. The van der Waals surface area contributed by atoms with Crippen LogP contribution < -0.4 is 5.32 Å². The molecule has 0 radical (unpaired) electrons. The van der Waals surface area contributed by atoms with Gasteiger partial charge < -0.3 is 5.32 Å². The van der Waals surface area contributed by atoms with E-state index in [9.17, 15) is 0 Å². The molecule has 1 N–H and O–H groups in total. The molecule has 0 aliphatic carbocycles. The molecule has 0 bridgehead atoms. The molecule has 24 heavy (non-hydrogen) atoms. The molecule has 1 fully saturated rings. The summed E-state index contributed by atoms with van der Waals surface area (Å²) in [5, 5.41) is 4.34. The molecule has 2 aromatic rings. The number of rotatable bonds is 3. The van der Waals surface area contributed by atoms with Crippen LogP contribution in [0.25, 0.3) is 0 Å². The van der Waals surface area contributed by atoms with E-state index in [-0.39, 0.29) is 0 Å². The highest BCUT2D eigenvalue weighted by Crippen LogP contribution is 2.24. The SMILES string of the molecule is Clc1cccc(CN2CCc3nc([C@@H]4CCCCN4)ncc3C2)c1. The van der Waals surface area contributed by atoms with Gasteiger partial charge in [-0.25, -0.2) is 9.97 Å². The van der Waals surface area contributed by atoms with Crippen LogP contribution in [-0.2, 0) is 19.5 Å². The van der Waals surface area contributed by atoms with E-state index in [4.69, 9.17) is 16.6 Å². The van der Waals surface area contributed by atoms with Crippen LogP contribution >= 0.6 is 11.6 Å². The Labute approximate surface area is 148 Å². The van der Waals surface area contributed by atoms with Gasteiger partial charge in [-0.1, -0.05) is 30.2 Å². The lowest BCUT2D eigenvalue weighted by Gasteiger charge is -2.29. The van der Waals surface area contributed by atoms with E-state index in [0.29, 0.717) is 6.04 Å². The number of hydrogen-bond donors (Lipinski definition) is 1. The molecule has 0 saturated carbocycles. The normalized spacial score (nSPS) is 21.5. The maximum absolute atomic E-state index is 6.09. The maximum Gasteiger partial charge on any atom is 0.145 e. The molecule has 2 aliphatic heterocycles. The van der Waals surface area contributed by atoms with Gasteiger partial charge in [-0.2, -0.15) is 0 Å². The van der Waals surface area contributed by atoms with E-state index in [0.717, 1.165) is 49.9 Å². The van der Waals surface area contributed by atoms with E-state index in [1.807, 2.05) is 24.4 Å². The summed E-state index contributed by atoms with van der Waals surface area (Å²) in [5.41, 5.74) is 3.76. The van der Waals surface area contributed by atoms with Crippen molar-refractivity contribution in [2.75, 3.05) is 13.1 Å². The maximum atomic E-state index is 6.09. The van der Waals surface area contributed by atoms with Gasteiger partial charge in [-0.05, 0) is 37.1 Å². The van der Waals surface area contributed by atoms with Crippen LogP contribution in [0.3, 0.4) is 0 Å². The van der Waals surface area contributed by atoms with E-state index >= 15 is 0 Å². The monoisotopic (exact) mass is 342 g/mol. The molecule has 1 atom stereocenters. The minimum Gasteiger partial charge on any atom is -0.307 e. The molecular formula is C19H23ClN4. The van der Waals surface area contributed by atoms with Crippen LogP contribution in [-0.4, -0.2) is 28.0 Å². The minimum atomic E-state index is 0.341. The zero-order chi connectivity index (χ0) is 16.4. The number of nitrogens with one attached hydrogen (secondary N) is 1. The minimum absolute atomic E-state index is 0.341. The summed E-state index contributed by atoms with van der Waals surface area (Å²) < 4.78 is 0. The van der Waals surface area contributed by atoms with Crippen LogP contribution in [0.15, 0.2) is 30.5 Å². The number of aromatic nitrogens is 2. The first-order valence-electron chi connectivity index (χ1n) is 8.83. The Hall–Kier alpha value is -1.49. The second-order valence-corrected chi connectivity index (χ2v) is 7.23. The topological polar surface area (TPSA) is 41.1 Å². The van der Waals surface area contributed by atoms with Crippen molar-refractivity contribution in [3.8, 4) is 0 Å². The molecule has 1 aromatic heterocycles. The van der Waals surface area contributed by atoms with Gasteiger partial charge in [0.25, 0.3) is 0 Å². The molecule has 0 spiro atoms. The van der Waals surface area contributed by atoms with Gasteiger partial charge in [-0.15, -0.1) is 0 Å². The van der Waals surface area contributed by atoms with Crippen LogP contribution in [0.1, 0.15) is 47.9 Å². The number of benzene rings is 1. The summed E-state index contributed by atoms with van der Waals surface area (Å²) in [7, 11) is 0. The van der Waals surface area contributed by atoms with Gasteiger partial charge >= 0.3 is 0 Å². The molecule has 1 aromatic carbocycles. The Bertz CT molecular complexity index is 712. The van der Waals surface area contributed by atoms with Crippen molar-refractivity contribution in [2.45, 2.75) is 44.8 Å². The average molecular weight is 343 g/mol. The molecule has 0 amide bonds. The zero-order valence-electron chi connectivity index (χ0n) is 13.8. The number of nitrogens with zero attached hydrogens (tertiary/aromatic N) is 3. The second-order valence-electron chi connectivity index (χ2n) is 6.79. The van der Waals surface area contributed by atoms with Gasteiger partial charge in [0.05, 0.1) is 6.04 Å². The van der Waals surface area contributed by atoms with Crippen molar-refractivity contribution in [3.05, 3.63) is 58.1 Å². The van der Waals surface area contributed by atoms with Gasteiger partial charge in [0.2, 0.25) is 0 Å². The van der Waals surface area contributed by atoms with Gasteiger partial charge in [-0.3, -0.25) is 4.90 Å². The first kappa shape index (κ1) is 16.0. The number of halogens is 1. The van der Waals surface area contributed by atoms with E-state index < -0.39 is 0 Å². The Morgan fingerprint density at radius 2 is 2.25 bits per heavy atom. The average Bonchev–Trinajstić information content (AvgIpc) is 2.62. The van der Waals surface area contributed by atoms with Gasteiger partial charge in [0.15, 0.2) is 0 Å². The Morgan fingerprint density at radius 3 is 3.08 bits per heavy atom. The van der Waals surface area contributed by atoms with Crippen molar-refractivity contribution >= 4 is 11.6 Å². The van der Waals surface area contributed by atoms with Gasteiger partial charge in [0.1, 0.15) is 5.82 Å². The quantitative estimate of drug-likeness (QED) is 0.926. The third-order valence-electron chi connectivity index (χ3n) is 4.95. The van der Waals surface area contributed by atoms with E-state index in [2.05, 4.69) is 21.3 Å². The van der Waals surface area contributed by atoms with E-state index in [1.54, 1.807) is 0 Å². The first-order chi connectivity index (χ1) is 11.8. The lowest BCUT2D eigenvalue weighted by atomic mass is 10.0. The van der Waals surface area contributed by atoms with Crippen molar-refractivity contribution < 1.29 is 0 Å². The van der Waals surface area contributed by atoms with E-state index in [1.165, 1.54) is 29.7 Å². The standard InChI is InChI=1S/C19H23ClN4/c20-16-5-3-4-14(10-16)12-24-9-7-17-15(13-24)11-22-19(23-17)18-6-1-2-8-21-18/h3-5,10-11,18,21H,1-2,6-9,12-13H2/t18-/m0/s1.